The van der Waals surface area contributed by atoms with Gasteiger partial charge in [0, 0.05) is 11.6 Å². The molecule has 4 aliphatic rings. The Labute approximate surface area is 128 Å². The van der Waals surface area contributed by atoms with Crippen LogP contribution in [0, 0.1) is 22.2 Å². The molecular formula is C19H29NO. The molecule has 3 unspecified atom stereocenters. The molecular weight excluding hydrogens is 258 g/mol. The van der Waals surface area contributed by atoms with Crippen molar-refractivity contribution in [3.8, 4) is 0 Å². The molecule has 4 saturated carbocycles. The minimum atomic E-state index is 0.451. The second-order valence-corrected chi connectivity index (χ2v) is 9.23. The van der Waals surface area contributed by atoms with Crippen LogP contribution in [0.25, 0.3) is 0 Å². The molecule has 1 heterocycles. The van der Waals surface area contributed by atoms with E-state index >= 15 is 0 Å². The summed E-state index contributed by atoms with van der Waals surface area (Å²) < 4.78 is 5.32. The predicted octanol–water partition coefficient (Wildman–Crippen LogP) is 4.93. The number of hydrogen-bond acceptors (Lipinski definition) is 2. The maximum absolute atomic E-state index is 5.32. The largest absolute Gasteiger partial charge is 0.472 e. The Hall–Kier alpha value is -0.760. The van der Waals surface area contributed by atoms with Gasteiger partial charge in [0.15, 0.2) is 0 Å². The lowest BCUT2D eigenvalue weighted by molar-refractivity contribution is -0.150. The molecule has 4 fully saturated rings. The van der Waals surface area contributed by atoms with E-state index in [1.807, 2.05) is 12.5 Å². The molecule has 0 amide bonds. The molecule has 2 nitrogen and oxygen atoms in total. The molecule has 21 heavy (non-hydrogen) atoms. The number of furan rings is 1. The monoisotopic (exact) mass is 287 g/mol. The van der Waals surface area contributed by atoms with Crippen molar-refractivity contribution >= 4 is 0 Å². The Bertz CT molecular complexity index is 502. The van der Waals surface area contributed by atoms with Gasteiger partial charge in [0.05, 0.1) is 12.5 Å². The highest BCUT2D eigenvalue weighted by atomic mass is 16.3. The van der Waals surface area contributed by atoms with Crippen molar-refractivity contribution in [3.05, 3.63) is 24.2 Å². The quantitative estimate of drug-likeness (QED) is 0.849. The van der Waals surface area contributed by atoms with Gasteiger partial charge >= 0.3 is 0 Å². The highest BCUT2D eigenvalue weighted by Gasteiger charge is 2.60. The van der Waals surface area contributed by atoms with Crippen LogP contribution in [0.2, 0.25) is 0 Å². The maximum atomic E-state index is 5.32. The van der Waals surface area contributed by atoms with Crippen LogP contribution >= 0.6 is 0 Å². The van der Waals surface area contributed by atoms with Gasteiger partial charge in [0.1, 0.15) is 0 Å². The summed E-state index contributed by atoms with van der Waals surface area (Å²) in [6.45, 7) is 5.13. The Balaban J connectivity index is 1.62. The van der Waals surface area contributed by atoms with Crippen molar-refractivity contribution < 1.29 is 4.42 Å². The predicted molar refractivity (Wildman–Crippen MR) is 85.0 cm³/mol. The lowest BCUT2D eigenvalue weighted by atomic mass is 9.39. The first-order chi connectivity index (χ1) is 9.93. The van der Waals surface area contributed by atoms with Crippen LogP contribution < -0.4 is 5.32 Å². The van der Waals surface area contributed by atoms with Gasteiger partial charge in [0.2, 0.25) is 0 Å². The van der Waals surface area contributed by atoms with E-state index in [0.717, 1.165) is 5.92 Å². The van der Waals surface area contributed by atoms with Crippen molar-refractivity contribution in [1.29, 1.82) is 0 Å². The van der Waals surface area contributed by atoms with E-state index in [0.29, 0.717) is 22.3 Å². The molecule has 116 valence electrons. The van der Waals surface area contributed by atoms with E-state index in [9.17, 15) is 0 Å². The van der Waals surface area contributed by atoms with Gasteiger partial charge in [-0.25, -0.2) is 0 Å². The fraction of sp³-hybridized carbons (Fsp3) is 0.789. The third-order valence-corrected chi connectivity index (χ3v) is 6.67. The topological polar surface area (TPSA) is 25.2 Å². The molecule has 0 spiro atoms. The van der Waals surface area contributed by atoms with Gasteiger partial charge < -0.3 is 9.73 Å². The smallest absolute Gasteiger partial charge is 0.0950 e. The fourth-order valence-corrected chi connectivity index (χ4v) is 7.20. The highest BCUT2D eigenvalue weighted by molar-refractivity contribution is 5.16. The second-order valence-electron chi connectivity index (χ2n) is 9.23. The van der Waals surface area contributed by atoms with E-state index in [4.69, 9.17) is 4.42 Å². The number of rotatable bonds is 4. The minimum absolute atomic E-state index is 0.451. The van der Waals surface area contributed by atoms with Crippen LogP contribution in [0.5, 0.6) is 0 Å². The first-order valence-electron chi connectivity index (χ1n) is 8.63. The van der Waals surface area contributed by atoms with Crippen molar-refractivity contribution in [2.24, 2.45) is 22.2 Å². The second kappa shape index (κ2) is 4.38. The van der Waals surface area contributed by atoms with Crippen molar-refractivity contribution in [3.63, 3.8) is 0 Å². The fourth-order valence-electron chi connectivity index (χ4n) is 7.20. The SMILES string of the molecule is CNC(CC12CC3CC(C)(CC(C)(C3)C1)C2)c1ccoc1. The molecule has 0 saturated heterocycles. The molecule has 4 bridgehead atoms. The Morgan fingerprint density at radius 1 is 1.19 bits per heavy atom. The van der Waals surface area contributed by atoms with E-state index < -0.39 is 0 Å². The Morgan fingerprint density at radius 2 is 1.90 bits per heavy atom. The van der Waals surface area contributed by atoms with Gasteiger partial charge in [-0.3, -0.25) is 0 Å². The van der Waals surface area contributed by atoms with Crippen molar-refractivity contribution in [1.82, 2.24) is 5.32 Å². The van der Waals surface area contributed by atoms with Crippen LogP contribution in [-0.4, -0.2) is 7.05 Å². The summed E-state index contributed by atoms with van der Waals surface area (Å²) in [6, 6.07) is 2.58. The molecule has 0 aliphatic heterocycles. The summed E-state index contributed by atoms with van der Waals surface area (Å²) in [5.41, 5.74) is 3.11. The molecule has 2 heteroatoms. The molecule has 3 atom stereocenters. The first kappa shape index (κ1) is 13.9. The molecule has 4 aliphatic carbocycles. The summed E-state index contributed by atoms with van der Waals surface area (Å²) in [5, 5.41) is 3.54. The number of nitrogens with one attached hydrogen (secondary N) is 1. The average molecular weight is 287 g/mol. The summed E-state index contributed by atoms with van der Waals surface area (Å²) in [6.07, 6.45) is 13.8. The Morgan fingerprint density at radius 3 is 2.43 bits per heavy atom. The van der Waals surface area contributed by atoms with Gasteiger partial charge in [-0.15, -0.1) is 0 Å². The van der Waals surface area contributed by atoms with E-state index in [1.54, 1.807) is 0 Å². The summed E-state index contributed by atoms with van der Waals surface area (Å²) in [7, 11) is 2.10. The zero-order chi connectivity index (χ0) is 14.7. The summed E-state index contributed by atoms with van der Waals surface area (Å²) >= 11 is 0. The molecule has 0 radical (unpaired) electrons. The van der Waals surface area contributed by atoms with Crippen LogP contribution in [0.3, 0.4) is 0 Å². The zero-order valence-electron chi connectivity index (χ0n) is 13.7. The highest BCUT2D eigenvalue weighted by Crippen LogP contribution is 2.71. The van der Waals surface area contributed by atoms with Crippen molar-refractivity contribution in [2.75, 3.05) is 7.05 Å². The first-order valence-corrected chi connectivity index (χ1v) is 8.63. The van der Waals surface area contributed by atoms with Gasteiger partial charge in [0.25, 0.3) is 0 Å². The van der Waals surface area contributed by atoms with E-state index in [2.05, 4.69) is 32.3 Å². The van der Waals surface area contributed by atoms with Crippen LogP contribution in [0.15, 0.2) is 23.0 Å². The lowest BCUT2D eigenvalue weighted by Crippen LogP contribution is -2.55. The minimum Gasteiger partial charge on any atom is -0.472 e. The standard InChI is InChI=1S/C19H29NO/c1-17-6-14-7-18(2,11-17)13-19(8-14,12-17)9-16(20-3)15-4-5-21-10-15/h4-5,10,14,16,20H,6-9,11-13H2,1-3H3. The van der Waals surface area contributed by atoms with Gasteiger partial charge in [-0.05, 0) is 80.2 Å². The number of hydrogen-bond donors (Lipinski definition) is 1. The van der Waals surface area contributed by atoms with E-state index in [1.165, 1.54) is 50.5 Å². The molecule has 1 N–H and O–H groups in total. The third kappa shape index (κ3) is 2.27. The van der Waals surface area contributed by atoms with Gasteiger partial charge in [-0.1, -0.05) is 13.8 Å². The molecule has 1 aromatic rings. The summed E-state index contributed by atoms with van der Waals surface area (Å²) in [5.74, 6) is 0.984. The molecule has 0 aromatic carbocycles. The average Bonchev–Trinajstić information content (AvgIpc) is 2.85. The maximum Gasteiger partial charge on any atom is 0.0950 e. The Kier molecular flexibility index (Phi) is 2.89. The normalized spacial score (nSPS) is 46.0. The lowest BCUT2D eigenvalue weighted by Gasteiger charge is -2.66. The zero-order valence-corrected chi connectivity index (χ0v) is 13.7. The van der Waals surface area contributed by atoms with Crippen LogP contribution in [0.4, 0.5) is 0 Å². The molecule has 5 rings (SSSR count). The molecule has 1 aromatic heterocycles. The van der Waals surface area contributed by atoms with Crippen LogP contribution in [0.1, 0.15) is 70.4 Å². The van der Waals surface area contributed by atoms with Crippen molar-refractivity contribution in [2.45, 2.75) is 64.8 Å². The van der Waals surface area contributed by atoms with Gasteiger partial charge in [-0.2, -0.15) is 0 Å². The van der Waals surface area contributed by atoms with E-state index in [-0.39, 0.29) is 0 Å². The van der Waals surface area contributed by atoms with Crippen LogP contribution in [-0.2, 0) is 0 Å². The third-order valence-electron chi connectivity index (χ3n) is 6.67. The summed E-state index contributed by atoms with van der Waals surface area (Å²) in [4.78, 5) is 0.